The first-order chi connectivity index (χ1) is 12.2. The molecule has 2 N–H and O–H groups in total. The Morgan fingerprint density at radius 3 is 2.16 bits per heavy atom. The number of benzene rings is 2. The lowest BCUT2D eigenvalue weighted by Gasteiger charge is -2.21. The summed E-state index contributed by atoms with van der Waals surface area (Å²) in [6, 6.07) is 15.1. The van der Waals surface area contributed by atoms with Crippen molar-refractivity contribution in [1.82, 2.24) is 14.5 Å². The second kappa shape index (κ2) is 7.53. The molecule has 0 aliphatic heterocycles. The van der Waals surface area contributed by atoms with Gasteiger partial charge in [0.25, 0.3) is 0 Å². The first kappa shape index (κ1) is 16.6. The zero-order valence-electron chi connectivity index (χ0n) is 14.0. The fraction of sp³-hybridized carbons (Fsp3) is 0.158. The molecule has 0 fully saturated rings. The third kappa shape index (κ3) is 4.17. The Morgan fingerprint density at radius 2 is 1.68 bits per heavy atom. The van der Waals surface area contributed by atoms with Crippen LogP contribution in [0.1, 0.15) is 11.1 Å². The van der Waals surface area contributed by atoms with Gasteiger partial charge in [0, 0.05) is 31.2 Å². The third-order valence-electron chi connectivity index (χ3n) is 3.96. The van der Waals surface area contributed by atoms with Crippen LogP contribution in [0.5, 0.6) is 5.75 Å². The summed E-state index contributed by atoms with van der Waals surface area (Å²) in [7, 11) is 1.62. The van der Waals surface area contributed by atoms with Crippen LogP contribution in [-0.4, -0.2) is 27.6 Å². The van der Waals surface area contributed by atoms with Gasteiger partial charge in [0.2, 0.25) is 0 Å². The molecule has 2 aromatic carbocycles. The van der Waals surface area contributed by atoms with Crippen molar-refractivity contribution in [3.63, 3.8) is 0 Å². The van der Waals surface area contributed by atoms with Gasteiger partial charge in [-0.1, -0.05) is 24.3 Å². The highest BCUT2D eigenvalue weighted by Gasteiger charge is 2.11. The van der Waals surface area contributed by atoms with Gasteiger partial charge in [-0.2, -0.15) is 0 Å². The molecular formula is C19H20N4O2. The molecule has 128 valence electrons. The fourth-order valence-electron chi connectivity index (χ4n) is 2.57. The van der Waals surface area contributed by atoms with Crippen LogP contribution in [0.25, 0.3) is 5.69 Å². The minimum absolute atomic E-state index is 0.447. The Labute approximate surface area is 146 Å². The van der Waals surface area contributed by atoms with Crippen LogP contribution >= 0.6 is 0 Å². The summed E-state index contributed by atoms with van der Waals surface area (Å²) in [5, 5.41) is 0. The molecule has 1 aromatic heterocycles. The normalized spacial score (nSPS) is 10.4. The predicted molar refractivity (Wildman–Crippen MR) is 95.4 cm³/mol. The van der Waals surface area contributed by atoms with E-state index in [1.54, 1.807) is 24.5 Å². The molecule has 3 rings (SSSR count). The third-order valence-corrected chi connectivity index (χ3v) is 3.96. The number of methoxy groups -OCH3 is 1. The number of nitrogens with zero attached hydrogens (tertiary/aromatic N) is 3. The summed E-state index contributed by atoms with van der Waals surface area (Å²) in [5.41, 5.74) is 8.57. The van der Waals surface area contributed by atoms with Crippen LogP contribution in [0, 0.1) is 0 Å². The minimum Gasteiger partial charge on any atom is -0.497 e. The van der Waals surface area contributed by atoms with Gasteiger partial charge < -0.3 is 19.9 Å². The van der Waals surface area contributed by atoms with Gasteiger partial charge in [0.1, 0.15) is 5.75 Å². The standard InChI is InChI=1S/C19H20N4O2/c1-25-18-8-4-16(5-9-18)13-23(19(20)24)12-15-2-6-17(7-3-15)22-11-10-21-14-22/h2-11,14H,12-13H2,1H3,(H2,20,24). The number of urea groups is 1. The molecule has 0 saturated heterocycles. The number of carbonyl (C=O) groups is 1. The van der Waals surface area contributed by atoms with Gasteiger partial charge in [-0.05, 0) is 35.4 Å². The predicted octanol–water partition coefficient (Wildman–Crippen LogP) is 2.96. The highest BCUT2D eigenvalue weighted by Crippen LogP contribution is 2.16. The maximum Gasteiger partial charge on any atom is 0.315 e. The summed E-state index contributed by atoms with van der Waals surface area (Å²) in [4.78, 5) is 17.4. The zero-order chi connectivity index (χ0) is 17.6. The molecule has 0 aliphatic rings. The number of imidazole rings is 1. The number of hydrogen-bond acceptors (Lipinski definition) is 3. The average molecular weight is 336 g/mol. The Balaban J connectivity index is 1.69. The van der Waals surface area contributed by atoms with E-state index in [4.69, 9.17) is 10.5 Å². The molecule has 0 aliphatic carbocycles. The topological polar surface area (TPSA) is 73.4 Å². The van der Waals surface area contributed by atoms with E-state index in [0.717, 1.165) is 22.6 Å². The Hall–Kier alpha value is -3.28. The average Bonchev–Trinajstić information content (AvgIpc) is 3.17. The largest absolute Gasteiger partial charge is 0.497 e. The molecule has 0 atom stereocenters. The van der Waals surface area contributed by atoms with E-state index in [1.165, 1.54) is 0 Å². The van der Waals surface area contributed by atoms with Gasteiger partial charge in [0.05, 0.1) is 13.4 Å². The number of aromatic nitrogens is 2. The SMILES string of the molecule is COc1ccc(CN(Cc2ccc(-n3ccnc3)cc2)C(N)=O)cc1. The van der Waals surface area contributed by atoms with E-state index in [1.807, 2.05) is 59.3 Å². The summed E-state index contributed by atoms with van der Waals surface area (Å²) >= 11 is 0. The van der Waals surface area contributed by atoms with Crippen molar-refractivity contribution >= 4 is 6.03 Å². The van der Waals surface area contributed by atoms with Crippen LogP contribution < -0.4 is 10.5 Å². The van der Waals surface area contributed by atoms with Crippen molar-refractivity contribution in [1.29, 1.82) is 0 Å². The summed E-state index contributed by atoms with van der Waals surface area (Å²) < 4.78 is 7.07. The summed E-state index contributed by atoms with van der Waals surface area (Å²) in [6.45, 7) is 0.897. The van der Waals surface area contributed by atoms with Crippen LogP contribution in [0.15, 0.2) is 67.3 Å². The Bertz CT molecular complexity index is 812. The lowest BCUT2D eigenvalue weighted by atomic mass is 10.1. The molecular weight excluding hydrogens is 316 g/mol. The van der Waals surface area contributed by atoms with Crippen molar-refractivity contribution in [3.05, 3.63) is 78.4 Å². The monoisotopic (exact) mass is 336 g/mol. The van der Waals surface area contributed by atoms with Crippen molar-refractivity contribution in [2.45, 2.75) is 13.1 Å². The zero-order valence-corrected chi connectivity index (χ0v) is 14.0. The summed E-state index contributed by atoms with van der Waals surface area (Å²) in [5.74, 6) is 0.782. The van der Waals surface area contributed by atoms with E-state index >= 15 is 0 Å². The van der Waals surface area contributed by atoms with E-state index < -0.39 is 6.03 Å². The molecule has 6 nitrogen and oxygen atoms in total. The second-order valence-electron chi connectivity index (χ2n) is 5.68. The van der Waals surface area contributed by atoms with E-state index in [2.05, 4.69) is 4.98 Å². The van der Waals surface area contributed by atoms with Crippen molar-refractivity contribution < 1.29 is 9.53 Å². The van der Waals surface area contributed by atoms with Crippen molar-refractivity contribution in [2.24, 2.45) is 5.73 Å². The maximum absolute atomic E-state index is 11.8. The molecule has 0 saturated carbocycles. The molecule has 6 heteroatoms. The molecule has 0 radical (unpaired) electrons. The smallest absolute Gasteiger partial charge is 0.315 e. The Kier molecular flexibility index (Phi) is 4.99. The first-order valence-electron chi connectivity index (χ1n) is 7.90. The van der Waals surface area contributed by atoms with E-state index in [9.17, 15) is 4.79 Å². The van der Waals surface area contributed by atoms with Gasteiger partial charge in [0.15, 0.2) is 0 Å². The molecule has 0 bridgehead atoms. The number of ether oxygens (including phenoxy) is 1. The molecule has 2 amide bonds. The van der Waals surface area contributed by atoms with Gasteiger partial charge in [-0.3, -0.25) is 0 Å². The second-order valence-corrected chi connectivity index (χ2v) is 5.68. The number of carbonyl (C=O) groups excluding carboxylic acids is 1. The molecule has 0 unspecified atom stereocenters. The number of primary amides is 1. The first-order valence-corrected chi connectivity index (χ1v) is 7.90. The van der Waals surface area contributed by atoms with E-state index in [0.29, 0.717) is 13.1 Å². The van der Waals surface area contributed by atoms with Gasteiger partial charge in [-0.15, -0.1) is 0 Å². The lowest BCUT2D eigenvalue weighted by molar-refractivity contribution is 0.202. The number of amides is 2. The highest BCUT2D eigenvalue weighted by atomic mass is 16.5. The van der Waals surface area contributed by atoms with Crippen molar-refractivity contribution in [3.8, 4) is 11.4 Å². The fourth-order valence-corrected chi connectivity index (χ4v) is 2.57. The lowest BCUT2D eigenvalue weighted by Crippen LogP contribution is -2.34. The van der Waals surface area contributed by atoms with Gasteiger partial charge >= 0.3 is 6.03 Å². The Morgan fingerprint density at radius 1 is 1.08 bits per heavy atom. The van der Waals surface area contributed by atoms with Crippen LogP contribution in [0.3, 0.4) is 0 Å². The molecule has 0 spiro atoms. The summed E-state index contributed by atoms with van der Waals surface area (Å²) in [6.07, 6.45) is 5.36. The number of rotatable bonds is 6. The van der Waals surface area contributed by atoms with Gasteiger partial charge in [-0.25, -0.2) is 9.78 Å². The molecule has 3 aromatic rings. The molecule has 1 heterocycles. The van der Waals surface area contributed by atoms with E-state index in [-0.39, 0.29) is 0 Å². The number of hydrogen-bond donors (Lipinski definition) is 1. The minimum atomic E-state index is -0.450. The molecule has 25 heavy (non-hydrogen) atoms. The quantitative estimate of drug-likeness (QED) is 0.752. The highest BCUT2D eigenvalue weighted by molar-refractivity contribution is 5.72. The van der Waals surface area contributed by atoms with Crippen LogP contribution in [0.2, 0.25) is 0 Å². The number of nitrogens with two attached hydrogens (primary N) is 1. The van der Waals surface area contributed by atoms with Crippen LogP contribution in [-0.2, 0) is 13.1 Å². The van der Waals surface area contributed by atoms with Crippen molar-refractivity contribution in [2.75, 3.05) is 7.11 Å². The maximum atomic E-state index is 11.8. The van der Waals surface area contributed by atoms with Crippen LogP contribution in [0.4, 0.5) is 4.79 Å².